The molecule has 0 unspecified atom stereocenters. The molecule has 0 saturated carbocycles. The predicted molar refractivity (Wildman–Crippen MR) is 80.6 cm³/mol. The molecule has 112 valence electrons. The smallest absolute Gasteiger partial charge is 0.150 e. The third-order valence-corrected chi connectivity index (χ3v) is 5.98. The quantitative estimate of drug-likeness (QED) is 0.852. The van der Waals surface area contributed by atoms with Gasteiger partial charge in [0.2, 0.25) is 0 Å². The molecule has 4 fully saturated rings. The highest BCUT2D eigenvalue weighted by atomic mass is 16.1. The van der Waals surface area contributed by atoms with Gasteiger partial charge in [-0.15, -0.1) is 0 Å². The van der Waals surface area contributed by atoms with Gasteiger partial charge in [0.25, 0.3) is 0 Å². The Morgan fingerprint density at radius 1 is 1.10 bits per heavy atom. The van der Waals surface area contributed by atoms with Gasteiger partial charge in [0.1, 0.15) is 11.9 Å². The van der Waals surface area contributed by atoms with Crippen molar-refractivity contribution in [2.75, 3.05) is 26.2 Å². The van der Waals surface area contributed by atoms with Crippen LogP contribution in [0.2, 0.25) is 0 Å². The predicted octanol–water partition coefficient (Wildman–Crippen LogP) is 2.09. The number of pyridine rings is 1. The lowest BCUT2D eigenvalue weighted by molar-refractivity contribution is -0.204. The maximum absolute atomic E-state index is 13.1. The molecular formula is C17H23N3O. The first kappa shape index (κ1) is 13.4. The first-order chi connectivity index (χ1) is 10.1. The van der Waals surface area contributed by atoms with E-state index in [1.165, 1.54) is 0 Å². The SMILES string of the molecule is CCC12CN3CC(CC)(CN(C1)C3c1ccccn1)C2=O. The molecule has 0 aliphatic carbocycles. The number of piperidine rings is 2. The molecule has 4 aliphatic rings. The van der Waals surface area contributed by atoms with Crippen molar-refractivity contribution in [1.82, 2.24) is 14.8 Å². The Morgan fingerprint density at radius 2 is 1.67 bits per heavy atom. The first-order valence-electron chi connectivity index (χ1n) is 8.08. The number of rotatable bonds is 3. The fourth-order valence-electron chi connectivity index (χ4n) is 4.86. The molecule has 5 heterocycles. The summed E-state index contributed by atoms with van der Waals surface area (Å²) in [6.45, 7) is 7.96. The van der Waals surface area contributed by atoms with E-state index in [4.69, 9.17) is 0 Å². The molecule has 21 heavy (non-hydrogen) atoms. The molecule has 4 nitrogen and oxygen atoms in total. The minimum atomic E-state index is -0.141. The molecule has 4 bridgehead atoms. The van der Waals surface area contributed by atoms with Crippen LogP contribution in [0.1, 0.15) is 38.5 Å². The van der Waals surface area contributed by atoms with Crippen molar-refractivity contribution in [2.45, 2.75) is 32.9 Å². The number of hydrogen-bond acceptors (Lipinski definition) is 4. The lowest BCUT2D eigenvalue weighted by Gasteiger charge is -2.66. The number of carbonyl (C=O) groups excluding carboxylic acids is 1. The average Bonchev–Trinajstić information content (AvgIpc) is 2.52. The highest BCUT2D eigenvalue weighted by Gasteiger charge is 2.64. The van der Waals surface area contributed by atoms with Crippen LogP contribution in [0, 0.1) is 10.8 Å². The molecule has 0 radical (unpaired) electrons. The molecule has 0 atom stereocenters. The molecular weight excluding hydrogens is 262 g/mol. The molecule has 0 aromatic carbocycles. The Kier molecular flexibility index (Phi) is 2.79. The minimum Gasteiger partial charge on any atom is -0.298 e. The van der Waals surface area contributed by atoms with E-state index in [9.17, 15) is 4.79 Å². The Hall–Kier alpha value is -1.26. The highest BCUT2D eigenvalue weighted by Crippen LogP contribution is 2.54. The van der Waals surface area contributed by atoms with E-state index >= 15 is 0 Å². The zero-order valence-corrected chi connectivity index (χ0v) is 12.9. The van der Waals surface area contributed by atoms with E-state index in [2.05, 4.69) is 40.8 Å². The lowest BCUT2D eigenvalue weighted by atomic mass is 9.58. The van der Waals surface area contributed by atoms with Gasteiger partial charge in [0.05, 0.1) is 16.5 Å². The van der Waals surface area contributed by atoms with Gasteiger partial charge in [-0.05, 0) is 25.0 Å². The largest absolute Gasteiger partial charge is 0.298 e. The summed E-state index contributed by atoms with van der Waals surface area (Å²) < 4.78 is 0. The van der Waals surface area contributed by atoms with Crippen LogP contribution in [0.3, 0.4) is 0 Å². The van der Waals surface area contributed by atoms with Gasteiger partial charge < -0.3 is 0 Å². The number of nitrogens with zero attached hydrogens (tertiary/aromatic N) is 3. The number of hydrogen-bond donors (Lipinski definition) is 0. The average molecular weight is 285 g/mol. The molecule has 4 aliphatic heterocycles. The third-order valence-electron chi connectivity index (χ3n) is 5.98. The van der Waals surface area contributed by atoms with E-state index in [0.29, 0.717) is 5.78 Å². The highest BCUT2D eigenvalue weighted by molar-refractivity contribution is 5.93. The number of ketones is 1. The van der Waals surface area contributed by atoms with Crippen LogP contribution < -0.4 is 0 Å². The Morgan fingerprint density at radius 3 is 2.10 bits per heavy atom. The summed E-state index contributed by atoms with van der Waals surface area (Å²) in [7, 11) is 0. The molecule has 1 aromatic rings. The summed E-state index contributed by atoms with van der Waals surface area (Å²) in [5.74, 6) is 0.534. The van der Waals surface area contributed by atoms with Gasteiger partial charge in [0, 0.05) is 32.4 Å². The Balaban J connectivity index is 1.76. The third kappa shape index (κ3) is 1.63. The van der Waals surface area contributed by atoms with Crippen LogP contribution in [0.5, 0.6) is 0 Å². The Labute approximate surface area is 126 Å². The molecule has 0 N–H and O–H groups in total. The van der Waals surface area contributed by atoms with Gasteiger partial charge >= 0.3 is 0 Å². The van der Waals surface area contributed by atoms with Crippen molar-refractivity contribution in [2.24, 2.45) is 10.8 Å². The normalized spacial score (nSPS) is 44.3. The van der Waals surface area contributed by atoms with Gasteiger partial charge in [0.15, 0.2) is 0 Å². The van der Waals surface area contributed by atoms with Crippen LogP contribution in [0.4, 0.5) is 0 Å². The summed E-state index contributed by atoms with van der Waals surface area (Å²) >= 11 is 0. The maximum Gasteiger partial charge on any atom is 0.150 e. The summed E-state index contributed by atoms with van der Waals surface area (Å²) in [5.41, 5.74) is 0.844. The molecule has 5 rings (SSSR count). The van der Waals surface area contributed by atoms with E-state index in [1.54, 1.807) is 0 Å². The summed E-state index contributed by atoms with van der Waals surface area (Å²) in [6.07, 6.45) is 4.04. The van der Waals surface area contributed by atoms with Gasteiger partial charge in [-0.2, -0.15) is 0 Å². The molecule has 1 aromatic heterocycles. The van der Waals surface area contributed by atoms with Crippen molar-refractivity contribution < 1.29 is 4.79 Å². The molecule has 4 saturated heterocycles. The number of aromatic nitrogens is 1. The van der Waals surface area contributed by atoms with Gasteiger partial charge in [-0.25, -0.2) is 0 Å². The van der Waals surface area contributed by atoms with E-state index in [0.717, 1.165) is 44.7 Å². The zero-order chi connectivity index (χ0) is 14.7. The summed E-state index contributed by atoms with van der Waals surface area (Å²) in [5, 5.41) is 0. The van der Waals surface area contributed by atoms with Crippen molar-refractivity contribution in [3.8, 4) is 0 Å². The van der Waals surface area contributed by atoms with E-state index in [-0.39, 0.29) is 17.0 Å². The lowest BCUT2D eigenvalue weighted by Crippen LogP contribution is -2.76. The topological polar surface area (TPSA) is 36.4 Å². The second-order valence-corrected chi connectivity index (χ2v) is 7.04. The first-order valence-corrected chi connectivity index (χ1v) is 8.08. The van der Waals surface area contributed by atoms with Crippen molar-refractivity contribution >= 4 is 5.78 Å². The van der Waals surface area contributed by atoms with Crippen molar-refractivity contribution in [1.29, 1.82) is 0 Å². The molecule has 0 spiro atoms. The van der Waals surface area contributed by atoms with E-state index in [1.807, 2.05) is 12.3 Å². The zero-order valence-electron chi connectivity index (χ0n) is 12.9. The fraction of sp³-hybridized carbons (Fsp3) is 0.647. The second-order valence-electron chi connectivity index (χ2n) is 7.04. The van der Waals surface area contributed by atoms with Crippen LogP contribution in [-0.2, 0) is 4.79 Å². The van der Waals surface area contributed by atoms with Crippen LogP contribution in [0.25, 0.3) is 0 Å². The number of Topliss-reactive ketones (excluding diaryl/α,β-unsaturated/α-hetero) is 1. The van der Waals surface area contributed by atoms with Crippen molar-refractivity contribution in [3.63, 3.8) is 0 Å². The second kappa shape index (κ2) is 4.37. The van der Waals surface area contributed by atoms with Crippen LogP contribution in [-0.4, -0.2) is 46.7 Å². The monoisotopic (exact) mass is 285 g/mol. The Bertz CT molecular complexity index is 529. The molecule has 0 amide bonds. The van der Waals surface area contributed by atoms with Crippen LogP contribution >= 0.6 is 0 Å². The van der Waals surface area contributed by atoms with Crippen LogP contribution in [0.15, 0.2) is 24.4 Å². The standard InChI is InChI=1S/C17H23N3O/c1-3-16-9-19-11-17(4-2,15(16)21)12-20(10-16)14(19)13-7-5-6-8-18-13/h5-8,14H,3-4,9-12H2,1-2H3. The maximum atomic E-state index is 13.1. The number of carbonyl (C=O) groups is 1. The summed E-state index contributed by atoms with van der Waals surface area (Å²) in [4.78, 5) is 22.6. The van der Waals surface area contributed by atoms with Gasteiger partial charge in [-0.3, -0.25) is 19.6 Å². The minimum absolute atomic E-state index is 0.141. The van der Waals surface area contributed by atoms with E-state index < -0.39 is 0 Å². The van der Waals surface area contributed by atoms with Crippen molar-refractivity contribution in [3.05, 3.63) is 30.1 Å². The molecule has 4 heteroatoms. The fourth-order valence-corrected chi connectivity index (χ4v) is 4.86. The summed E-state index contributed by atoms with van der Waals surface area (Å²) in [6, 6.07) is 6.15. The van der Waals surface area contributed by atoms with Gasteiger partial charge in [-0.1, -0.05) is 19.9 Å².